The van der Waals surface area contributed by atoms with E-state index in [2.05, 4.69) is 0 Å². The van der Waals surface area contributed by atoms with Gasteiger partial charge in [0.25, 0.3) is 0 Å². The summed E-state index contributed by atoms with van der Waals surface area (Å²) in [4.78, 5) is 10.5. The lowest BCUT2D eigenvalue weighted by Crippen LogP contribution is -1.99. The zero-order valence-electron chi connectivity index (χ0n) is 6.64. The maximum atomic E-state index is 10.5. The Morgan fingerprint density at radius 1 is 1.46 bits per heavy atom. The minimum atomic E-state index is -1.93. The molecule has 0 amide bonds. The van der Waals surface area contributed by atoms with Crippen LogP contribution in [0.5, 0.6) is 0 Å². The monoisotopic (exact) mass is 200 g/mol. The molecule has 0 aliphatic rings. The summed E-state index contributed by atoms with van der Waals surface area (Å²) in [7, 11) is 0. The zero-order valence-corrected chi connectivity index (χ0v) is 7.45. The standard InChI is InChI=1S/C8H8O4S/c9-8(10)7-3-1-2-6(4-7)5-13(11)12/h1-4H,5H2,(H,9,10)(H,11,12). The average Bonchev–Trinajstić information content (AvgIpc) is 2.03. The fourth-order valence-corrected chi connectivity index (χ4v) is 1.40. The second kappa shape index (κ2) is 4.15. The van der Waals surface area contributed by atoms with E-state index in [-0.39, 0.29) is 11.3 Å². The van der Waals surface area contributed by atoms with Crippen LogP contribution in [0.15, 0.2) is 24.3 Å². The van der Waals surface area contributed by atoms with Crippen LogP contribution >= 0.6 is 0 Å². The van der Waals surface area contributed by atoms with Crippen LogP contribution in [0.25, 0.3) is 0 Å². The maximum absolute atomic E-state index is 10.5. The third-order valence-corrected chi connectivity index (χ3v) is 2.04. The molecule has 1 aromatic carbocycles. The first-order valence-electron chi connectivity index (χ1n) is 3.49. The van der Waals surface area contributed by atoms with Gasteiger partial charge >= 0.3 is 5.97 Å². The molecule has 70 valence electrons. The highest BCUT2D eigenvalue weighted by Gasteiger charge is 2.04. The number of carbonyl (C=O) groups is 1. The van der Waals surface area contributed by atoms with Crippen molar-refractivity contribution in [1.82, 2.24) is 0 Å². The van der Waals surface area contributed by atoms with E-state index in [0.717, 1.165) is 0 Å². The lowest BCUT2D eigenvalue weighted by molar-refractivity contribution is 0.0696. The molecule has 0 saturated heterocycles. The van der Waals surface area contributed by atoms with Crippen LogP contribution in [-0.2, 0) is 16.8 Å². The number of rotatable bonds is 3. The second-order valence-corrected chi connectivity index (χ2v) is 3.40. The maximum Gasteiger partial charge on any atom is 0.335 e. The fourth-order valence-electron chi connectivity index (χ4n) is 0.937. The molecule has 0 bridgehead atoms. The average molecular weight is 200 g/mol. The molecule has 1 atom stereocenters. The van der Waals surface area contributed by atoms with Crippen LogP contribution in [0.3, 0.4) is 0 Å². The quantitative estimate of drug-likeness (QED) is 0.716. The van der Waals surface area contributed by atoms with E-state index >= 15 is 0 Å². The van der Waals surface area contributed by atoms with Gasteiger partial charge in [0, 0.05) is 0 Å². The second-order valence-electron chi connectivity index (χ2n) is 2.47. The molecule has 1 unspecified atom stereocenters. The van der Waals surface area contributed by atoms with E-state index in [4.69, 9.17) is 9.66 Å². The number of benzene rings is 1. The Labute approximate surface area is 77.5 Å². The van der Waals surface area contributed by atoms with Gasteiger partial charge in [-0.3, -0.25) is 0 Å². The first kappa shape index (κ1) is 9.88. The Hall–Kier alpha value is -1.20. The van der Waals surface area contributed by atoms with Gasteiger partial charge in [-0.25, -0.2) is 9.00 Å². The Bertz CT molecular complexity index is 348. The number of aromatic carboxylic acids is 1. The van der Waals surface area contributed by atoms with Crippen LogP contribution in [0, 0.1) is 0 Å². The molecular formula is C8H8O4S. The lowest BCUT2D eigenvalue weighted by Gasteiger charge is -1.98. The molecule has 0 aliphatic carbocycles. The SMILES string of the molecule is O=C(O)c1cccc(CS(=O)O)c1. The third-order valence-electron chi connectivity index (χ3n) is 1.46. The molecule has 1 aromatic rings. The van der Waals surface area contributed by atoms with E-state index in [1.165, 1.54) is 12.1 Å². The predicted octanol–water partition coefficient (Wildman–Crippen LogP) is 1.11. The van der Waals surface area contributed by atoms with Gasteiger partial charge in [-0.05, 0) is 17.7 Å². The summed E-state index contributed by atoms with van der Waals surface area (Å²) in [5, 5.41) is 8.61. The van der Waals surface area contributed by atoms with Crippen molar-refractivity contribution in [2.45, 2.75) is 5.75 Å². The van der Waals surface area contributed by atoms with Gasteiger partial charge in [-0.2, -0.15) is 0 Å². The molecule has 1 rings (SSSR count). The van der Waals surface area contributed by atoms with Crippen molar-refractivity contribution >= 4 is 17.0 Å². The number of carboxylic acids is 1. The van der Waals surface area contributed by atoms with E-state index < -0.39 is 17.0 Å². The van der Waals surface area contributed by atoms with Crippen molar-refractivity contribution in [3.63, 3.8) is 0 Å². The number of hydrogen-bond acceptors (Lipinski definition) is 2. The van der Waals surface area contributed by atoms with Crippen molar-refractivity contribution in [2.24, 2.45) is 0 Å². The molecule has 5 heteroatoms. The van der Waals surface area contributed by atoms with Crippen LogP contribution in [0.4, 0.5) is 0 Å². The van der Waals surface area contributed by atoms with Gasteiger partial charge in [0.2, 0.25) is 0 Å². The van der Waals surface area contributed by atoms with Gasteiger partial charge in [0.15, 0.2) is 11.1 Å². The number of hydrogen-bond donors (Lipinski definition) is 2. The van der Waals surface area contributed by atoms with Crippen LogP contribution < -0.4 is 0 Å². The minimum absolute atomic E-state index is 0.0406. The van der Waals surface area contributed by atoms with Gasteiger partial charge < -0.3 is 9.66 Å². The molecule has 0 aromatic heterocycles. The Morgan fingerprint density at radius 3 is 2.69 bits per heavy atom. The van der Waals surface area contributed by atoms with Crippen LogP contribution in [0.1, 0.15) is 15.9 Å². The van der Waals surface area contributed by atoms with Crippen LogP contribution in [-0.4, -0.2) is 19.8 Å². The highest BCUT2D eigenvalue weighted by molar-refractivity contribution is 7.78. The van der Waals surface area contributed by atoms with Crippen LogP contribution in [0.2, 0.25) is 0 Å². The summed E-state index contributed by atoms with van der Waals surface area (Å²) >= 11 is -1.93. The largest absolute Gasteiger partial charge is 0.478 e. The minimum Gasteiger partial charge on any atom is -0.478 e. The molecule has 0 saturated carbocycles. The molecule has 0 spiro atoms. The van der Waals surface area contributed by atoms with Gasteiger partial charge in [-0.15, -0.1) is 0 Å². The molecule has 0 fully saturated rings. The van der Waals surface area contributed by atoms with Gasteiger partial charge in [0.1, 0.15) is 0 Å². The summed E-state index contributed by atoms with van der Waals surface area (Å²) < 4.78 is 19.0. The third kappa shape index (κ3) is 2.96. The Balaban J connectivity index is 2.91. The first-order valence-corrected chi connectivity index (χ1v) is 4.77. The van der Waals surface area contributed by atoms with Crippen molar-refractivity contribution in [3.8, 4) is 0 Å². The van der Waals surface area contributed by atoms with Crippen molar-refractivity contribution in [3.05, 3.63) is 35.4 Å². The van der Waals surface area contributed by atoms with E-state index in [1.54, 1.807) is 12.1 Å². The first-order chi connectivity index (χ1) is 6.09. The summed E-state index contributed by atoms with van der Waals surface area (Å²) in [6.45, 7) is 0. The molecular weight excluding hydrogens is 192 g/mol. The Kier molecular flexibility index (Phi) is 3.16. The normalized spacial score (nSPS) is 12.4. The molecule has 4 nitrogen and oxygen atoms in total. The summed E-state index contributed by atoms with van der Waals surface area (Å²) in [6, 6.07) is 5.98. The summed E-state index contributed by atoms with van der Waals surface area (Å²) in [5.41, 5.74) is 0.670. The molecule has 2 N–H and O–H groups in total. The smallest absolute Gasteiger partial charge is 0.335 e. The predicted molar refractivity (Wildman–Crippen MR) is 47.9 cm³/mol. The van der Waals surface area contributed by atoms with E-state index in [0.29, 0.717) is 5.56 Å². The van der Waals surface area contributed by atoms with Gasteiger partial charge in [0.05, 0.1) is 11.3 Å². The molecule has 13 heavy (non-hydrogen) atoms. The van der Waals surface area contributed by atoms with Crippen molar-refractivity contribution in [2.75, 3.05) is 0 Å². The molecule has 0 heterocycles. The zero-order chi connectivity index (χ0) is 9.84. The van der Waals surface area contributed by atoms with Crippen molar-refractivity contribution < 1.29 is 18.7 Å². The highest BCUT2D eigenvalue weighted by Crippen LogP contribution is 2.06. The highest BCUT2D eigenvalue weighted by atomic mass is 32.2. The fraction of sp³-hybridized carbons (Fsp3) is 0.125. The summed E-state index contributed by atoms with van der Waals surface area (Å²) in [5.74, 6) is -1.08. The molecule has 0 aliphatic heterocycles. The lowest BCUT2D eigenvalue weighted by atomic mass is 10.1. The van der Waals surface area contributed by atoms with Crippen molar-refractivity contribution in [1.29, 1.82) is 0 Å². The van der Waals surface area contributed by atoms with E-state index in [9.17, 15) is 9.00 Å². The molecule has 0 radical (unpaired) electrons. The summed E-state index contributed by atoms with van der Waals surface area (Å²) in [6.07, 6.45) is 0. The Morgan fingerprint density at radius 2 is 2.15 bits per heavy atom. The topological polar surface area (TPSA) is 74.6 Å². The number of carboxylic acid groups (broad SMARTS) is 1. The van der Waals surface area contributed by atoms with Gasteiger partial charge in [-0.1, -0.05) is 12.1 Å². The van der Waals surface area contributed by atoms with E-state index in [1.807, 2.05) is 0 Å².